The van der Waals surface area contributed by atoms with Crippen molar-refractivity contribution >= 4 is 21.4 Å². The van der Waals surface area contributed by atoms with Gasteiger partial charge in [0, 0.05) is 17.9 Å². The smallest absolute Gasteiger partial charge is 0.147 e. The van der Waals surface area contributed by atoms with Crippen LogP contribution in [0.5, 0.6) is 0 Å². The monoisotopic (exact) mass is 297 g/mol. The highest BCUT2D eigenvalue weighted by Gasteiger charge is 2.18. The first kappa shape index (κ1) is 15.3. The van der Waals surface area contributed by atoms with Crippen LogP contribution in [0.4, 0.5) is 8.78 Å². The lowest BCUT2D eigenvalue weighted by molar-refractivity contribution is 0.512. The van der Waals surface area contributed by atoms with Crippen molar-refractivity contribution in [1.29, 1.82) is 0 Å². The molecule has 0 spiro atoms. The van der Waals surface area contributed by atoms with Gasteiger partial charge in [-0.1, -0.05) is 11.6 Å². The molecule has 0 saturated carbocycles. The van der Waals surface area contributed by atoms with Gasteiger partial charge in [0.15, 0.2) is 0 Å². The van der Waals surface area contributed by atoms with E-state index in [1.807, 2.05) is 0 Å². The van der Waals surface area contributed by atoms with Crippen LogP contribution in [0.2, 0.25) is 5.02 Å². The number of benzene rings is 1. The molecule has 0 saturated heterocycles. The molecule has 7 heteroatoms. The summed E-state index contributed by atoms with van der Waals surface area (Å²) in [4.78, 5) is 0. The first-order valence-corrected chi connectivity index (χ1v) is 7.68. The first-order valence-electron chi connectivity index (χ1n) is 5.24. The van der Waals surface area contributed by atoms with Gasteiger partial charge in [-0.05, 0) is 25.6 Å². The largest absolute Gasteiger partial charge is 0.313 e. The second-order valence-electron chi connectivity index (χ2n) is 4.05. The van der Waals surface area contributed by atoms with E-state index in [-0.39, 0.29) is 22.8 Å². The summed E-state index contributed by atoms with van der Waals surface area (Å²) in [5.74, 6) is -1.50. The zero-order valence-electron chi connectivity index (χ0n) is 10.0. The Balaban J connectivity index is 2.98. The maximum atomic E-state index is 13.6. The molecule has 0 radical (unpaired) electrons. The lowest BCUT2D eigenvalue weighted by Gasteiger charge is -2.17. The number of halogens is 3. The summed E-state index contributed by atoms with van der Waals surface area (Å²) >= 11 is 5.45. The van der Waals surface area contributed by atoms with Gasteiger partial charge < -0.3 is 5.32 Å². The second-order valence-corrected chi connectivity index (χ2v) is 6.71. The van der Waals surface area contributed by atoms with E-state index in [2.05, 4.69) is 5.32 Å². The van der Waals surface area contributed by atoms with Crippen LogP contribution in [-0.2, 0) is 9.84 Å². The maximum absolute atomic E-state index is 13.6. The fourth-order valence-corrected chi connectivity index (χ4v) is 2.41. The molecule has 0 fully saturated rings. The average molecular weight is 298 g/mol. The Morgan fingerprint density at radius 2 is 1.94 bits per heavy atom. The van der Waals surface area contributed by atoms with Crippen LogP contribution in [0.3, 0.4) is 0 Å². The third kappa shape index (κ3) is 4.19. The van der Waals surface area contributed by atoms with Gasteiger partial charge in [0.1, 0.15) is 21.5 Å². The van der Waals surface area contributed by atoms with Crippen LogP contribution in [0, 0.1) is 11.6 Å². The van der Waals surface area contributed by atoms with Crippen molar-refractivity contribution in [3.05, 3.63) is 34.4 Å². The normalized spacial score (nSPS) is 13.6. The van der Waals surface area contributed by atoms with Gasteiger partial charge >= 0.3 is 0 Å². The van der Waals surface area contributed by atoms with E-state index in [0.717, 1.165) is 18.4 Å². The fraction of sp³-hybridized carbons (Fsp3) is 0.455. The molecular weight excluding hydrogens is 284 g/mol. The molecule has 0 aliphatic carbocycles. The lowest BCUT2D eigenvalue weighted by atomic mass is 10.0. The predicted molar refractivity (Wildman–Crippen MR) is 67.5 cm³/mol. The molecule has 0 heterocycles. The van der Waals surface area contributed by atoms with Crippen LogP contribution < -0.4 is 5.32 Å². The molecule has 1 unspecified atom stereocenters. The molecule has 0 amide bonds. The zero-order valence-corrected chi connectivity index (χ0v) is 11.6. The van der Waals surface area contributed by atoms with E-state index < -0.39 is 27.5 Å². The molecule has 0 aromatic heterocycles. The third-order valence-electron chi connectivity index (χ3n) is 2.54. The maximum Gasteiger partial charge on any atom is 0.147 e. The summed E-state index contributed by atoms with van der Waals surface area (Å²) < 4.78 is 49.1. The van der Waals surface area contributed by atoms with Crippen molar-refractivity contribution in [3.8, 4) is 0 Å². The summed E-state index contributed by atoms with van der Waals surface area (Å²) in [6, 6.07) is 1.30. The number of nitrogens with one attached hydrogen (secondary N) is 1. The van der Waals surface area contributed by atoms with Gasteiger partial charge in [0.2, 0.25) is 0 Å². The fourth-order valence-electron chi connectivity index (χ4n) is 1.59. The van der Waals surface area contributed by atoms with Crippen LogP contribution in [-0.4, -0.2) is 27.5 Å². The highest BCUT2D eigenvalue weighted by atomic mass is 35.5. The van der Waals surface area contributed by atoms with Gasteiger partial charge in [-0.3, -0.25) is 0 Å². The highest BCUT2D eigenvalue weighted by Crippen LogP contribution is 2.25. The molecule has 1 N–H and O–H groups in total. The molecular formula is C11H14ClF2NO2S. The van der Waals surface area contributed by atoms with Crippen molar-refractivity contribution < 1.29 is 17.2 Å². The first-order chi connectivity index (χ1) is 8.24. The van der Waals surface area contributed by atoms with Crippen LogP contribution in [0.15, 0.2) is 12.1 Å². The summed E-state index contributed by atoms with van der Waals surface area (Å²) in [7, 11) is -1.60. The number of sulfone groups is 1. The van der Waals surface area contributed by atoms with E-state index in [4.69, 9.17) is 11.6 Å². The van der Waals surface area contributed by atoms with E-state index >= 15 is 0 Å². The molecule has 1 aromatic carbocycles. The quantitative estimate of drug-likeness (QED) is 0.849. The highest BCUT2D eigenvalue weighted by molar-refractivity contribution is 7.90. The third-order valence-corrected chi connectivity index (χ3v) is 3.81. The standard InChI is InChI=1S/C11H14ClF2NO2S/c1-15-11(3-4-18(2,16)17)7-5-10(14)8(12)6-9(7)13/h5-6,11,15H,3-4H2,1-2H3. The molecule has 0 bridgehead atoms. The minimum atomic E-state index is -3.15. The Kier molecular flexibility index (Phi) is 5.07. The molecule has 0 aliphatic rings. The number of hydrogen-bond acceptors (Lipinski definition) is 3. The van der Waals surface area contributed by atoms with Gasteiger partial charge in [-0.2, -0.15) is 0 Å². The van der Waals surface area contributed by atoms with Gasteiger partial charge in [0.25, 0.3) is 0 Å². The molecule has 18 heavy (non-hydrogen) atoms. The van der Waals surface area contributed by atoms with Crippen LogP contribution >= 0.6 is 11.6 Å². The molecule has 1 rings (SSSR count). The van der Waals surface area contributed by atoms with E-state index in [1.54, 1.807) is 7.05 Å². The van der Waals surface area contributed by atoms with Crippen LogP contribution in [0.25, 0.3) is 0 Å². The molecule has 3 nitrogen and oxygen atoms in total. The van der Waals surface area contributed by atoms with Crippen molar-refractivity contribution in [3.63, 3.8) is 0 Å². The minimum absolute atomic E-state index is 0.0723. The van der Waals surface area contributed by atoms with Gasteiger partial charge in [-0.25, -0.2) is 17.2 Å². The minimum Gasteiger partial charge on any atom is -0.313 e. The second kappa shape index (κ2) is 5.95. The van der Waals surface area contributed by atoms with Crippen molar-refractivity contribution in [2.45, 2.75) is 12.5 Å². The topological polar surface area (TPSA) is 46.2 Å². The summed E-state index contributed by atoms with van der Waals surface area (Å²) in [5, 5.41) is 2.47. The SMILES string of the molecule is CNC(CCS(C)(=O)=O)c1cc(F)c(Cl)cc1F. The molecule has 1 aromatic rings. The van der Waals surface area contributed by atoms with E-state index in [9.17, 15) is 17.2 Å². The van der Waals surface area contributed by atoms with Crippen molar-refractivity contribution in [1.82, 2.24) is 5.32 Å². The molecule has 1 atom stereocenters. The average Bonchev–Trinajstić information content (AvgIpc) is 2.24. The number of hydrogen-bond donors (Lipinski definition) is 1. The predicted octanol–water partition coefficient (Wildman–Crippen LogP) is 2.31. The van der Waals surface area contributed by atoms with Crippen molar-refractivity contribution in [2.75, 3.05) is 19.1 Å². The Morgan fingerprint density at radius 1 is 1.33 bits per heavy atom. The Labute approximate surface area is 110 Å². The Bertz CT molecular complexity index is 534. The van der Waals surface area contributed by atoms with Crippen molar-refractivity contribution in [2.24, 2.45) is 0 Å². The lowest BCUT2D eigenvalue weighted by Crippen LogP contribution is -2.21. The van der Waals surface area contributed by atoms with E-state index in [0.29, 0.717) is 0 Å². The van der Waals surface area contributed by atoms with E-state index in [1.165, 1.54) is 0 Å². The van der Waals surface area contributed by atoms with Gasteiger partial charge in [-0.15, -0.1) is 0 Å². The Hall–Kier alpha value is -0.720. The Morgan fingerprint density at radius 3 is 2.44 bits per heavy atom. The summed E-state index contributed by atoms with van der Waals surface area (Å²) in [5.41, 5.74) is 0.0723. The summed E-state index contributed by atoms with van der Waals surface area (Å²) in [6.07, 6.45) is 1.26. The van der Waals surface area contributed by atoms with Gasteiger partial charge in [0.05, 0.1) is 10.8 Å². The molecule has 0 aliphatic heterocycles. The summed E-state index contributed by atoms with van der Waals surface area (Å²) in [6.45, 7) is 0. The molecule has 102 valence electrons. The van der Waals surface area contributed by atoms with Crippen LogP contribution in [0.1, 0.15) is 18.0 Å². The zero-order chi connectivity index (χ0) is 13.9. The number of rotatable bonds is 5.